The Balaban J connectivity index is 1.13. The van der Waals surface area contributed by atoms with E-state index in [4.69, 9.17) is 15.0 Å². The molecule has 304 valence electrons. The van der Waals surface area contributed by atoms with E-state index in [1.807, 2.05) is 6.07 Å². The number of aromatic nitrogens is 3. The lowest BCUT2D eigenvalue weighted by molar-refractivity contribution is 0.633. The normalized spacial score (nSPS) is 15.3. The van der Waals surface area contributed by atoms with E-state index in [-0.39, 0.29) is 5.41 Å². The van der Waals surface area contributed by atoms with Crippen LogP contribution in [0.5, 0.6) is 0 Å². The summed E-state index contributed by atoms with van der Waals surface area (Å²) in [5.41, 5.74) is 21.8. The van der Waals surface area contributed by atoms with E-state index < -0.39 is 10.8 Å². The first kappa shape index (κ1) is 36.5. The maximum atomic E-state index is 5.63. The first-order chi connectivity index (χ1) is 32.0. The minimum Gasteiger partial charge on any atom is -0.208 e. The highest BCUT2D eigenvalue weighted by Crippen LogP contribution is 2.68. The van der Waals surface area contributed by atoms with Crippen LogP contribution in [-0.4, -0.2) is 15.0 Å². The summed E-state index contributed by atoms with van der Waals surface area (Å²) in [5.74, 6) is 1.96. The van der Waals surface area contributed by atoms with E-state index in [0.29, 0.717) is 17.5 Å². The molecule has 0 fully saturated rings. The predicted molar refractivity (Wildman–Crippen MR) is 262 cm³/mol. The number of hydrogen-bond acceptors (Lipinski definition) is 3. The molecule has 14 rings (SSSR count). The van der Waals surface area contributed by atoms with Crippen LogP contribution in [0.2, 0.25) is 0 Å². The average molecular weight is 828 g/mol. The SMILES string of the molecule is CC1(C)c2ccccc2-c2ccc(-c3nc(-c4ccccc4)nc(-c4cccc5c4C4(c6ccccc6-c6ccccc64)c4ccccc4C54c5ccccc5-c5ccccc54)n3)cc21. The Bertz CT molecular complexity index is 3560. The molecule has 0 unspecified atom stereocenters. The second kappa shape index (κ2) is 13.0. The topological polar surface area (TPSA) is 38.7 Å². The molecule has 9 aromatic carbocycles. The predicted octanol–water partition coefficient (Wildman–Crippen LogP) is 14.2. The van der Waals surface area contributed by atoms with Crippen molar-refractivity contribution in [3.63, 3.8) is 0 Å². The van der Waals surface area contributed by atoms with Gasteiger partial charge in [0.1, 0.15) is 0 Å². The van der Waals surface area contributed by atoms with Crippen LogP contribution in [0.3, 0.4) is 0 Å². The van der Waals surface area contributed by atoms with E-state index >= 15 is 0 Å². The Morgan fingerprint density at radius 3 is 1.22 bits per heavy atom. The highest BCUT2D eigenvalue weighted by molar-refractivity contribution is 5.96. The summed E-state index contributed by atoms with van der Waals surface area (Å²) in [6.07, 6.45) is 0. The lowest BCUT2D eigenvalue weighted by atomic mass is 9.51. The Morgan fingerprint density at radius 1 is 0.262 bits per heavy atom. The van der Waals surface area contributed by atoms with Gasteiger partial charge in [-0.1, -0.05) is 220 Å². The van der Waals surface area contributed by atoms with E-state index in [1.165, 1.54) is 89.0 Å². The minimum absolute atomic E-state index is 0.177. The van der Waals surface area contributed by atoms with Crippen LogP contribution in [0.4, 0.5) is 0 Å². The van der Waals surface area contributed by atoms with Gasteiger partial charge in [-0.25, -0.2) is 15.0 Å². The molecule has 10 aromatic rings. The fourth-order valence-electron chi connectivity index (χ4n) is 12.7. The van der Waals surface area contributed by atoms with Gasteiger partial charge in [0, 0.05) is 22.1 Å². The van der Waals surface area contributed by atoms with Gasteiger partial charge in [-0.05, 0) is 95.1 Å². The summed E-state index contributed by atoms with van der Waals surface area (Å²) >= 11 is 0. The maximum Gasteiger partial charge on any atom is 0.164 e. The van der Waals surface area contributed by atoms with Crippen molar-refractivity contribution in [2.45, 2.75) is 30.1 Å². The number of nitrogens with zero attached hydrogens (tertiary/aromatic N) is 3. The highest BCUT2D eigenvalue weighted by atomic mass is 15.0. The molecule has 0 amide bonds. The molecule has 0 bridgehead atoms. The maximum absolute atomic E-state index is 5.63. The van der Waals surface area contributed by atoms with Crippen LogP contribution in [0.15, 0.2) is 212 Å². The van der Waals surface area contributed by atoms with Gasteiger partial charge < -0.3 is 0 Å². The fraction of sp³-hybridized carbons (Fsp3) is 0.0806. The lowest BCUT2D eigenvalue weighted by Gasteiger charge is -2.49. The van der Waals surface area contributed by atoms with Crippen molar-refractivity contribution < 1.29 is 0 Å². The molecule has 2 spiro atoms. The molecular weight excluding hydrogens is 787 g/mol. The van der Waals surface area contributed by atoms with Gasteiger partial charge in [-0.2, -0.15) is 0 Å². The largest absolute Gasteiger partial charge is 0.208 e. The smallest absolute Gasteiger partial charge is 0.164 e. The molecule has 0 saturated carbocycles. The van der Waals surface area contributed by atoms with E-state index in [2.05, 4.69) is 220 Å². The summed E-state index contributed by atoms with van der Waals surface area (Å²) in [4.78, 5) is 16.5. The molecular formula is C62H41N3. The van der Waals surface area contributed by atoms with Crippen LogP contribution in [0, 0.1) is 0 Å². The number of hydrogen-bond donors (Lipinski definition) is 0. The van der Waals surface area contributed by atoms with Gasteiger partial charge in [-0.15, -0.1) is 0 Å². The second-order valence-electron chi connectivity index (χ2n) is 18.6. The van der Waals surface area contributed by atoms with Crippen molar-refractivity contribution in [1.82, 2.24) is 15.0 Å². The van der Waals surface area contributed by atoms with Crippen LogP contribution in [0.1, 0.15) is 69.5 Å². The fourth-order valence-corrected chi connectivity index (χ4v) is 12.7. The lowest BCUT2D eigenvalue weighted by Crippen LogP contribution is -2.44. The van der Waals surface area contributed by atoms with Gasteiger partial charge in [0.25, 0.3) is 0 Å². The molecule has 0 atom stereocenters. The third kappa shape index (κ3) is 4.57. The van der Waals surface area contributed by atoms with Crippen molar-refractivity contribution in [2.75, 3.05) is 0 Å². The van der Waals surface area contributed by atoms with Crippen LogP contribution in [-0.2, 0) is 16.2 Å². The molecule has 0 aliphatic heterocycles. The molecule has 4 aliphatic rings. The number of fused-ring (bicyclic) bond motifs is 19. The quantitative estimate of drug-likeness (QED) is 0.178. The molecule has 3 heteroatoms. The van der Waals surface area contributed by atoms with E-state index in [1.54, 1.807) is 0 Å². The Kier molecular flexibility index (Phi) is 7.31. The van der Waals surface area contributed by atoms with Crippen molar-refractivity contribution in [2.24, 2.45) is 0 Å². The molecule has 0 N–H and O–H groups in total. The van der Waals surface area contributed by atoms with Crippen molar-refractivity contribution >= 4 is 0 Å². The molecule has 65 heavy (non-hydrogen) atoms. The standard InChI is InChI=1S/C62H41N3/c1-60(2)47-27-11-6-21-40(47)45-36-35-39(37-55(45)60)58-63-57(38-19-4-3-5-20-38)64-59(65-58)46-26-18-34-54-56(46)62(50-30-14-9-24-43(50)44-25-10-15-31-51(44)62)53-33-17-16-32-52(53)61(54)48-28-12-7-22-41(48)42-23-8-13-29-49(42)61/h3-37H,1-2H3. The van der Waals surface area contributed by atoms with Gasteiger partial charge >= 0.3 is 0 Å². The molecule has 0 radical (unpaired) electrons. The monoisotopic (exact) mass is 827 g/mol. The Morgan fingerprint density at radius 2 is 0.646 bits per heavy atom. The zero-order valence-electron chi connectivity index (χ0n) is 36.0. The average Bonchev–Trinajstić information content (AvgIpc) is 3.92. The van der Waals surface area contributed by atoms with Gasteiger partial charge in [-0.3, -0.25) is 0 Å². The molecule has 0 saturated heterocycles. The van der Waals surface area contributed by atoms with E-state index in [0.717, 1.165) is 16.7 Å². The zero-order chi connectivity index (χ0) is 43.1. The van der Waals surface area contributed by atoms with Gasteiger partial charge in [0.05, 0.1) is 10.8 Å². The van der Waals surface area contributed by atoms with Crippen LogP contribution < -0.4 is 0 Å². The first-order valence-electron chi connectivity index (χ1n) is 22.7. The van der Waals surface area contributed by atoms with Gasteiger partial charge in [0.2, 0.25) is 0 Å². The molecule has 1 aromatic heterocycles. The molecule has 4 aliphatic carbocycles. The second-order valence-corrected chi connectivity index (χ2v) is 18.6. The van der Waals surface area contributed by atoms with Crippen molar-refractivity contribution in [1.29, 1.82) is 0 Å². The third-order valence-corrected chi connectivity index (χ3v) is 15.2. The van der Waals surface area contributed by atoms with Crippen molar-refractivity contribution in [3.8, 4) is 67.5 Å². The molecule has 1 heterocycles. The summed E-state index contributed by atoms with van der Waals surface area (Å²) in [5, 5.41) is 0. The summed E-state index contributed by atoms with van der Waals surface area (Å²) in [6.45, 7) is 4.66. The van der Waals surface area contributed by atoms with Gasteiger partial charge in [0.15, 0.2) is 17.5 Å². The van der Waals surface area contributed by atoms with Crippen LogP contribution >= 0.6 is 0 Å². The molecule has 3 nitrogen and oxygen atoms in total. The minimum atomic E-state index is -0.698. The summed E-state index contributed by atoms with van der Waals surface area (Å²) in [7, 11) is 0. The first-order valence-corrected chi connectivity index (χ1v) is 22.7. The Labute approximate surface area is 378 Å². The van der Waals surface area contributed by atoms with Crippen LogP contribution in [0.25, 0.3) is 67.5 Å². The highest BCUT2D eigenvalue weighted by Gasteiger charge is 2.59. The number of benzene rings is 9. The van der Waals surface area contributed by atoms with E-state index in [9.17, 15) is 0 Å². The summed E-state index contributed by atoms with van der Waals surface area (Å²) < 4.78 is 0. The number of rotatable bonds is 3. The third-order valence-electron chi connectivity index (χ3n) is 15.2. The summed E-state index contributed by atoms with van der Waals surface area (Å²) in [6, 6.07) is 78.4. The van der Waals surface area contributed by atoms with Crippen molar-refractivity contribution in [3.05, 3.63) is 268 Å². The zero-order valence-corrected chi connectivity index (χ0v) is 36.0. The Hall–Kier alpha value is -8.01.